The van der Waals surface area contributed by atoms with Crippen molar-refractivity contribution in [3.8, 4) is 0 Å². The van der Waals surface area contributed by atoms with Crippen molar-refractivity contribution in [2.45, 2.75) is 322 Å². The molecule has 0 radical (unpaired) electrons. The highest BCUT2D eigenvalue weighted by Crippen LogP contribution is 2.43. The van der Waals surface area contributed by atoms with Crippen LogP contribution in [0.2, 0.25) is 0 Å². The van der Waals surface area contributed by atoms with Crippen molar-refractivity contribution < 1.29 is 37.6 Å². The molecule has 444 valence electrons. The molecule has 3 N–H and O–H groups in total. The van der Waals surface area contributed by atoms with E-state index in [2.05, 4.69) is 74.6 Å². The van der Waals surface area contributed by atoms with Crippen molar-refractivity contribution in [2.75, 3.05) is 26.4 Å². The van der Waals surface area contributed by atoms with Crippen LogP contribution >= 0.6 is 7.82 Å². The van der Waals surface area contributed by atoms with Gasteiger partial charge in [-0.15, -0.1) is 0 Å². The Morgan fingerprint density at radius 2 is 0.724 bits per heavy atom. The fraction of sp³-hybridized carbons (Fsp3) is 0.818. The average Bonchev–Trinajstić information content (AvgIpc) is 3.41. The van der Waals surface area contributed by atoms with Gasteiger partial charge in [0.2, 0.25) is 0 Å². The van der Waals surface area contributed by atoms with Crippen LogP contribution in [0.15, 0.2) is 60.8 Å². The van der Waals surface area contributed by atoms with Crippen LogP contribution in [0.3, 0.4) is 0 Å². The van der Waals surface area contributed by atoms with E-state index >= 15 is 0 Å². The number of carbonyl (C=O) groups is 2. The van der Waals surface area contributed by atoms with Crippen LogP contribution in [-0.4, -0.2) is 49.3 Å². The first-order chi connectivity index (χ1) is 37.3. The Morgan fingerprint density at radius 3 is 1.08 bits per heavy atom. The summed E-state index contributed by atoms with van der Waals surface area (Å²) in [5.41, 5.74) is 5.38. The number of carbonyl (C=O) groups excluding carboxylic acids is 2. The first-order valence-corrected chi connectivity index (χ1v) is 33.8. The van der Waals surface area contributed by atoms with Gasteiger partial charge in [-0.2, -0.15) is 0 Å². The molecule has 2 atom stereocenters. The molecule has 0 aromatic carbocycles. The van der Waals surface area contributed by atoms with E-state index in [1.54, 1.807) is 0 Å². The Morgan fingerprint density at radius 1 is 0.408 bits per heavy atom. The van der Waals surface area contributed by atoms with Crippen molar-refractivity contribution >= 4 is 19.8 Å². The molecule has 10 heteroatoms. The SMILES string of the molecule is CC/C=C\C/C=C\C/C=C\C/C=C\C/C=C\CCCCCC(=O)OC(COC(=O)CCCCCCCCCCCCCCCCCCCCCCCCCCCCCCCCCCCCCC)COP(=O)(O)OCCN. The Kier molecular flexibility index (Phi) is 60.0. The standard InChI is InChI=1S/C66H122NO8P/c1-3-5-7-9-11-13-15-17-19-21-23-24-25-26-27-28-29-30-31-32-33-34-35-36-37-38-39-41-42-44-46-48-50-52-54-56-58-65(68)72-62-64(63-74-76(70,71)73-61-60-67)75-66(69)59-57-55-53-51-49-47-45-43-40-22-20-18-16-14-12-10-8-6-4-2/h6,8,12,14,18,20,40,43,47,49,64H,3-5,7,9-11,13,15-17,19,21-39,41-42,44-46,48,50-63,67H2,1-2H3,(H,70,71)/b8-6-,14-12-,20-18-,43-40-,49-47-. The number of ether oxygens (including phenoxy) is 2. The predicted octanol–water partition coefficient (Wildman–Crippen LogP) is 20.7. The molecule has 0 aromatic rings. The molecule has 0 aliphatic rings. The van der Waals surface area contributed by atoms with E-state index in [4.69, 9.17) is 24.3 Å². The molecule has 0 fully saturated rings. The normalized spacial score (nSPS) is 13.4. The van der Waals surface area contributed by atoms with Crippen LogP contribution in [-0.2, 0) is 32.7 Å². The molecule has 0 saturated carbocycles. The van der Waals surface area contributed by atoms with E-state index < -0.39 is 26.5 Å². The summed E-state index contributed by atoms with van der Waals surface area (Å²) in [6, 6.07) is 0. The maximum atomic E-state index is 12.7. The highest BCUT2D eigenvalue weighted by Gasteiger charge is 2.26. The number of nitrogens with two attached hydrogens (primary N) is 1. The van der Waals surface area contributed by atoms with E-state index in [0.717, 1.165) is 70.6 Å². The van der Waals surface area contributed by atoms with Crippen molar-refractivity contribution in [2.24, 2.45) is 5.73 Å². The van der Waals surface area contributed by atoms with Gasteiger partial charge in [0.1, 0.15) is 6.61 Å². The fourth-order valence-corrected chi connectivity index (χ4v) is 10.2. The molecular formula is C66H122NO8P. The second-order valence-electron chi connectivity index (χ2n) is 21.6. The smallest absolute Gasteiger partial charge is 0.462 e. The van der Waals surface area contributed by atoms with Gasteiger partial charge >= 0.3 is 19.8 Å². The fourth-order valence-electron chi connectivity index (χ4n) is 9.43. The highest BCUT2D eigenvalue weighted by molar-refractivity contribution is 7.47. The number of rotatable bonds is 61. The Balaban J connectivity index is 3.82. The third-order valence-corrected chi connectivity index (χ3v) is 15.2. The first kappa shape index (κ1) is 73.7. The molecule has 2 unspecified atom stereocenters. The van der Waals surface area contributed by atoms with Gasteiger partial charge in [0.25, 0.3) is 0 Å². The summed E-state index contributed by atoms with van der Waals surface area (Å²) in [5.74, 6) is -0.856. The molecule has 0 heterocycles. The largest absolute Gasteiger partial charge is 0.472 e. The van der Waals surface area contributed by atoms with Gasteiger partial charge in [0.15, 0.2) is 6.10 Å². The predicted molar refractivity (Wildman–Crippen MR) is 326 cm³/mol. The van der Waals surface area contributed by atoms with E-state index in [1.807, 2.05) is 0 Å². The van der Waals surface area contributed by atoms with Crippen LogP contribution < -0.4 is 5.73 Å². The van der Waals surface area contributed by atoms with Gasteiger partial charge < -0.3 is 20.1 Å². The lowest BCUT2D eigenvalue weighted by atomic mass is 10.0. The monoisotopic (exact) mass is 1090 g/mol. The molecule has 0 rings (SSSR count). The zero-order valence-corrected chi connectivity index (χ0v) is 50.6. The zero-order valence-electron chi connectivity index (χ0n) is 49.7. The number of phosphoric ester groups is 1. The molecule has 0 spiro atoms. The van der Waals surface area contributed by atoms with Crippen molar-refractivity contribution in [1.82, 2.24) is 0 Å². The molecule has 9 nitrogen and oxygen atoms in total. The number of esters is 2. The maximum Gasteiger partial charge on any atom is 0.472 e. The summed E-state index contributed by atoms with van der Waals surface area (Å²) < 4.78 is 33.0. The third kappa shape index (κ3) is 60.9. The van der Waals surface area contributed by atoms with E-state index in [1.165, 1.54) is 212 Å². The van der Waals surface area contributed by atoms with Gasteiger partial charge in [-0.05, 0) is 57.8 Å². The van der Waals surface area contributed by atoms with E-state index in [-0.39, 0.29) is 38.6 Å². The van der Waals surface area contributed by atoms with Gasteiger partial charge in [-0.25, -0.2) is 4.57 Å². The number of phosphoric acid groups is 1. The van der Waals surface area contributed by atoms with Crippen molar-refractivity contribution in [3.05, 3.63) is 60.8 Å². The number of allylic oxidation sites excluding steroid dienone is 10. The van der Waals surface area contributed by atoms with Gasteiger partial charge in [0, 0.05) is 19.4 Å². The molecule has 0 saturated heterocycles. The first-order valence-electron chi connectivity index (χ1n) is 32.3. The van der Waals surface area contributed by atoms with Crippen molar-refractivity contribution in [1.29, 1.82) is 0 Å². The average molecular weight is 1090 g/mol. The summed E-state index contributed by atoms with van der Waals surface area (Å²) in [5, 5.41) is 0. The van der Waals surface area contributed by atoms with Crippen molar-refractivity contribution in [3.63, 3.8) is 0 Å². The summed E-state index contributed by atoms with van der Waals surface area (Å²) in [6.45, 7) is 3.63. The van der Waals surface area contributed by atoms with Crippen LogP contribution in [0.5, 0.6) is 0 Å². The molecule has 0 aliphatic heterocycles. The lowest BCUT2D eigenvalue weighted by molar-refractivity contribution is -0.161. The highest BCUT2D eigenvalue weighted by atomic mass is 31.2. The lowest BCUT2D eigenvalue weighted by Crippen LogP contribution is -2.29. The number of hydrogen-bond donors (Lipinski definition) is 2. The molecule has 76 heavy (non-hydrogen) atoms. The minimum absolute atomic E-state index is 0.0464. The molecule has 0 amide bonds. The van der Waals surface area contributed by atoms with Crippen LogP contribution in [0.4, 0.5) is 0 Å². The second kappa shape index (κ2) is 61.9. The Bertz CT molecular complexity index is 1430. The van der Waals surface area contributed by atoms with Crippen LogP contribution in [0.25, 0.3) is 0 Å². The van der Waals surface area contributed by atoms with E-state index in [9.17, 15) is 19.0 Å². The summed E-state index contributed by atoms with van der Waals surface area (Å²) in [7, 11) is -4.40. The lowest BCUT2D eigenvalue weighted by Gasteiger charge is -2.19. The topological polar surface area (TPSA) is 134 Å². The van der Waals surface area contributed by atoms with Gasteiger partial charge in [-0.3, -0.25) is 18.6 Å². The third-order valence-electron chi connectivity index (χ3n) is 14.2. The zero-order chi connectivity index (χ0) is 55.2. The number of unbranched alkanes of at least 4 members (excludes halogenated alkanes) is 38. The van der Waals surface area contributed by atoms with Crippen LogP contribution in [0, 0.1) is 0 Å². The minimum atomic E-state index is -4.40. The maximum absolute atomic E-state index is 12.7. The van der Waals surface area contributed by atoms with Gasteiger partial charge in [0.05, 0.1) is 13.2 Å². The quantitative estimate of drug-likeness (QED) is 0.0264. The van der Waals surface area contributed by atoms with Gasteiger partial charge in [-0.1, -0.05) is 306 Å². The molecular weight excluding hydrogens is 966 g/mol. The minimum Gasteiger partial charge on any atom is -0.462 e. The second-order valence-corrected chi connectivity index (χ2v) is 23.1. The van der Waals surface area contributed by atoms with Crippen LogP contribution in [0.1, 0.15) is 316 Å². The molecule has 0 bridgehead atoms. The number of hydrogen-bond acceptors (Lipinski definition) is 8. The Labute approximate surface area is 469 Å². The Hall–Kier alpha value is -2.29. The molecule has 0 aromatic heterocycles. The summed E-state index contributed by atoms with van der Waals surface area (Å²) in [4.78, 5) is 35.2. The summed E-state index contributed by atoms with van der Waals surface area (Å²) in [6.07, 6.45) is 79.0. The summed E-state index contributed by atoms with van der Waals surface area (Å²) >= 11 is 0. The molecule has 0 aliphatic carbocycles. The van der Waals surface area contributed by atoms with E-state index in [0.29, 0.717) is 6.42 Å².